The Hall–Kier alpha value is -1.87. The normalized spacial score (nSPS) is 11.4. The molecule has 2 aromatic rings. The number of hydrogen-bond acceptors (Lipinski definition) is 3. The fourth-order valence-electron chi connectivity index (χ4n) is 1.77. The molecular formula is C16H20N2O. The maximum absolute atomic E-state index is 5.78. The Balaban J connectivity index is 2.20. The number of rotatable bonds is 3. The van der Waals surface area contributed by atoms with Crippen LogP contribution in [0.4, 0.5) is 0 Å². The number of nitrogens with zero attached hydrogens (tertiary/aromatic N) is 1. The minimum absolute atomic E-state index is 0.0979. The van der Waals surface area contributed by atoms with Gasteiger partial charge in [0.05, 0.1) is 0 Å². The highest BCUT2D eigenvalue weighted by molar-refractivity contribution is 5.36. The molecule has 19 heavy (non-hydrogen) atoms. The lowest BCUT2D eigenvalue weighted by molar-refractivity contribution is 0.455. The third kappa shape index (κ3) is 3.32. The lowest BCUT2D eigenvalue weighted by Crippen LogP contribution is -2.11. The first-order valence-corrected chi connectivity index (χ1v) is 6.43. The standard InChI is InChI=1S/C16H20N2O/c1-16(2,3)13-8-9-15(18-11-13)19-14-7-5-4-6-12(14)10-17/h4-9,11H,10,17H2,1-3H3. The fourth-order valence-corrected chi connectivity index (χ4v) is 1.77. The van der Waals surface area contributed by atoms with E-state index in [2.05, 4.69) is 25.8 Å². The Labute approximate surface area is 114 Å². The summed E-state index contributed by atoms with van der Waals surface area (Å²) in [6.07, 6.45) is 1.86. The van der Waals surface area contributed by atoms with E-state index < -0.39 is 0 Å². The zero-order chi connectivity index (χ0) is 13.9. The summed E-state index contributed by atoms with van der Waals surface area (Å²) in [5.41, 5.74) is 7.95. The molecule has 0 amide bonds. The van der Waals surface area contributed by atoms with Crippen molar-refractivity contribution in [2.75, 3.05) is 0 Å². The van der Waals surface area contributed by atoms with E-state index in [1.165, 1.54) is 5.56 Å². The van der Waals surface area contributed by atoms with Crippen LogP contribution in [0.2, 0.25) is 0 Å². The van der Waals surface area contributed by atoms with Crippen LogP contribution in [-0.2, 0) is 12.0 Å². The SMILES string of the molecule is CC(C)(C)c1ccc(Oc2ccccc2CN)nc1. The molecule has 0 unspecified atom stereocenters. The fraction of sp³-hybridized carbons (Fsp3) is 0.312. The summed E-state index contributed by atoms with van der Waals surface area (Å²) in [6, 6.07) is 11.7. The van der Waals surface area contributed by atoms with Crippen molar-refractivity contribution >= 4 is 0 Å². The van der Waals surface area contributed by atoms with Gasteiger partial charge in [0.2, 0.25) is 5.88 Å². The first kappa shape index (κ1) is 13.6. The average Bonchev–Trinajstić information content (AvgIpc) is 2.39. The molecule has 0 aliphatic heterocycles. The zero-order valence-electron chi connectivity index (χ0n) is 11.7. The number of pyridine rings is 1. The van der Waals surface area contributed by atoms with Crippen LogP contribution < -0.4 is 10.5 Å². The number of ether oxygens (including phenoxy) is 1. The predicted molar refractivity (Wildman–Crippen MR) is 77.3 cm³/mol. The van der Waals surface area contributed by atoms with Crippen LogP contribution in [0.25, 0.3) is 0 Å². The molecule has 3 nitrogen and oxygen atoms in total. The summed E-state index contributed by atoms with van der Waals surface area (Å²) in [4.78, 5) is 4.35. The molecule has 0 atom stereocenters. The molecule has 1 aromatic heterocycles. The van der Waals surface area contributed by atoms with Crippen LogP contribution in [0.5, 0.6) is 11.6 Å². The maximum atomic E-state index is 5.78. The monoisotopic (exact) mass is 256 g/mol. The van der Waals surface area contributed by atoms with Crippen LogP contribution in [0.3, 0.4) is 0 Å². The van der Waals surface area contributed by atoms with E-state index in [-0.39, 0.29) is 5.41 Å². The average molecular weight is 256 g/mol. The molecule has 2 N–H and O–H groups in total. The van der Waals surface area contributed by atoms with Gasteiger partial charge in [0.1, 0.15) is 5.75 Å². The van der Waals surface area contributed by atoms with Crippen molar-refractivity contribution in [1.82, 2.24) is 4.98 Å². The van der Waals surface area contributed by atoms with E-state index in [0.29, 0.717) is 12.4 Å². The van der Waals surface area contributed by atoms with E-state index in [9.17, 15) is 0 Å². The maximum Gasteiger partial charge on any atom is 0.219 e. The van der Waals surface area contributed by atoms with Crippen LogP contribution in [0, 0.1) is 0 Å². The number of hydrogen-bond donors (Lipinski definition) is 1. The molecule has 0 saturated heterocycles. The summed E-state index contributed by atoms with van der Waals surface area (Å²) in [5, 5.41) is 0. The van der Waals surface area contributed by atoms with Crippen molar-refractivity contribution in [3.8, 4) is 11.6 Å². The van der Waals surface area contributed by atoms with Crippen LogP contribution >= 0.6 is 0 Å². The third-order valence-electron chi connectivity index (χ3n) is 3.01. The highest BCUT2D eigenvalue weighted by Gasteiger charge is 2.14. The molecule has 0 fully saturated rings. The molecule has 3 heteroatoms. The summed E-state index contributed by atoms with van der Waals surface area (Å²) in [6.45, 7) is 6.94. The number of benzene rings is 1. The van der Waals surface area contributed by atoms with E-state index in [4.69, 9.17) is 10.5 Å². The summed E-state index contributed by atoms with van der Waals surface area (Å²) in [5.74, 6) is 1.36. The lowest BCUT2D eigenvalue weighted by atomic mass is 9.88. The quantitative estimate of drug-likeness (QED) is 0.912. The molecule has 0 radical (unpaired) electrons. The van der Waals surface area contributed by atoms with Gasteiger partial charge in [-0.2, -0.15) is 0 Å². The first-order chi connectivity index (χ1) is 9.00. The van der Waals surface area contributed by atoms with Crippen LogP contribution in [0.1, 0.15) is 31.9 Å². The molecule has 2 rings (SSSR count). The molecule has 0 aliphatic carbocycles. The van der Waals surface area contributed by atoms with Gasteiger partial charge in [-0.25, -0.2) is 4.98 Å². The highest BCUT2D eigenvalue weighted by Crippen LogP contribution is 2.26. The van der Waals surface area contributed by atoms with Gasteiger partial charge in [-0.15, -0.1) is 0 Å². The summed E-state index contributed by atoms with van der Waals surface area (Å²) in [7, 11) is 0. The Bertz CT molecular complexity index is 541. The van der Waals surface area contributed by atoms with Crippen molar-refractivity contribution in [3.63, 3.8) is 0 Å². The van der Waals surface area contributed by atoms with Crippen molar-refractivity contribution in [2.24, 2.45) is 5.73 Å². The van der Waals surface area contributed by atoms with Crippen LogP contribution in [0.15, 0.2) is 42.6 Å². The van der Waals surface area contributed by atoms with Gasteiger partial charge in [-0.1, -0.05) is 45.0 Å². The second-order valence-electron chi connectivity index (χ2n) is 5.55. The van der Waals surface area contributed by atoms with E-state index in [0.717, 1.165) is 11.3 Å². The van der Waals surface area contributed by atoms with E-state index in [1.54, 1.807) is 0 Å². The molecule has 0 aliphatic rings. The Morgan fingerprint density at radius 3 is 2.42 bits per heavy atom. The third-order valence-corrected chi connectivity index (χ3v) is 3.01. The number of aromatic nitrogens is 1. The Morgan fingerprint density at radius 1 is 1.11 bits per heavy atom. The Kier molecular flexibility index (Phi) is 3.86. The van der Waals surface area contributed by atoms with Crippen molar-refractivity contribution in [2.45, 2.75) is 32.7 Å². The second kappa shape index (κ2) is 5.41. The molecule has 0 spiro atoms. The largest absolute Gasteiger partial charge is 0.439 e. The topological polar surface area (TPSA) is 48.1 Å². The van der Waals surface area contributed by atoms with E-state index >= 15 is 0 Å². The van der Waals surface area contributed by atoms with Gasteiger partial charge in [0.25, 0.3) is 0 Å². The Morgan fingerprint density at radius 2 is 1.84 bits per heavy atom. The second-order valence-corrected chi connectivity index (χ2v) is 5.55. The lowest BCUT2D eigenvalue weighted by Gasteiger charge is -2.18. The first-order valence-electron chi connectivity index (χ1n) is 6.43. The van der Waals surface area contributed by atoms with Crippen molar-refractivity contribution in [1.29, 1.82) is 0 Å². The van der Waals surface area contributed by atoms with Gasteiger partial charge in [-0.3, -0.25) is 0 Å². The van der Waals surface area contributed by atoms with Gasteiger partial charge in [0, 0.05) is 24.4 Å². The van der Waals surface area contributed by atoms with E-state index in [1.807, 2.05) is 42.6 Å². The minimum Gasteiger partial charge on any atom is -0.439 e. The molecule has 1 aromatic carbocycles. The summed E-state index contributed by atoms with van der Waals surface area (Å²) >= 11 is 0. The van der Waals surface area contributed by atoms with Gasteiger partial charge in [0.15, 0.2) is 0 Å². The molecule has 1 heterocycles. The van der Waals surface area contributed by atoms with Gasteiger partial charge < -0.3 is 10.5 Å². The smallest absolute Gasteiger partial charge is 0.219 e. The zero-order valence-corrected chi connectivity index (χ0v) is 11.7. The molecule has 0 bridgehead atoms. The van der Waals surface area contributed by atoms with Crippen molar-refractivity contribution in [3.05, 3.63) is 53.7 Å². The minimum atomic E-state index is 0.0979. The number of para-hydroxylation sites is 1. The van der Waals surface area contributed by atoms with Crippen molar-refractivity contribution < 1.29 is 4.74 Å². The predicted octanol–water partition coefficient (Wildman–Crippen LogP) is 3.63. The highest BCUT2D eigenvalue weighted by atomic mass is 16.5. The van der Waals surface area contributed by atoms with Gasteiger partial charge >= 0.3 is 0 Å². The molecule has 0 saturated carbocycles. The number of nitrogens with two attached hydrogens (primary N) is 1. The van der Waals surface area contributed by atoms with Gasteiger partial charge in [-0.05, 0) is 17.0 Å². The summed E-state index contributed by atoms with van der Waals surface area (Å²) < 4.78 is 5.78. The molecule has 100 valence electrons. The molecular weight excluding hydrogens is 236 g/mol. The van der Waals surface area contributed by atoms with Crippen LogP contribution in [-0.4, -0.2) is 4.98 Å².